The van der Waals surface area contributed by atoms with E-state index in [4.69, 9.17) is 9.15 Å². The molecule has 1 aliphatic heterocycles. The summed E-state index contributed by atoms with van der Waals surface area (Å²) in [6.45, 7) is 3.84. The summed E-state index contributed by atoms with van der Waals surface area (Å²) >= 11 is 0. The third-order valence-corrected chi connectivity index (χ3v) is 7.03. The highest BCUT2D eigenvalue weighted by Gasteiger charge is 2.39. The van der Waals surface area contributed by atoms with Crippen LogP contribution in [0.4, 0.5) is 6.01 Å². The maximum atomic E-state index is 10.0. The molecule has 2 aromatic carbocycles. The molecular formula is C25H28N4O2. The number of nitriles is 1. The Bertz CT molecular complexity index is 1050. The molecular weight excluding hydrogens is 388 g/mol. The SMILES string of the molecule is COc1cccc(C2(C#N)CCC(N3CCN(c4nc5ccccc5o4)CC3)CC2)c1. The van der Waals surface area contributed by atoms with Crippen LogP contribution in [0, 0.1) is 11.3 Å². The Morgan fingerprint density at radius 2 is 1.84 bits per heavy atom. The monoisotopic (exact) mass is 416 g/mol. The molecule has 1 aliphatic carbocycles. The highest BCUT2D eigenvalue weighted by molar-refractivity contribution is 5.74. The number of ether oxygens (including phenoxy) is 1. The number of benzene rings is 2. The van der Waals surface area contributed by atoms with Crippen LogP contribution in [0.3, 0.4) is 0 Å². The van der Waals surface area contributed by atoms with Gasteiger partial charge in [0.15, 0.2) is 5.58 Å². The first kappa shape index (κ1) is 19.9. The fourth-order valence-corrected chi connectivity index (χ4v) is 5.12. The molecule has 0 spiro atoms. The Balaban J connectivity index is 1.21. The number of fused-ring (bicyclic) bond motifs is 1. The van der Waals surface area contributed by atoms with Crippen LogP contribution in [0.5, 0.6) is 5.75 Å². The van der Waals surface area contributed by atoms with Crippen LogP contribution in [0.2, 0.25) is 0 Å². The first-order chi connectivity index (χ1) is 15.2. The van der Waals surface area contributed by atoms with Crippen molar-refractivity contribution >= 4 is 17.1 Å². The number of hydrogen-bond donors (Lipinski definition) is 0. The summed E-state index contributed by atoms with van der Waals surface area (Å²) in [4.78, 5) is 9.48. The van der Waals surface area contributed by atoms with Crippen LogP contribution >= 0.6 is 0 Å². The fraction of sp³-hybridized carbons (Fsp3) is 0.440. The minimum absolute atomic E-state index is 0.398. The predicted molar refractivity (Wildman–Crippen MR) is 120 cm³/mol. The van der Waals surface area contributed by atoms with E-state index in [1.165, 1.54) is 0 Å². The molecule has 1 saturated heterocycles. The van der Waals surface area contributed by atoms with Crippen molar-refractivity contribution in [2.75, 3.05) is 38.2 Å². The topological polar surface area (TPSA) is 65.5 Å². The standard InChI is InChI=1S/C25H28N4O2/c1-30-21-6-4-5-19(17-21)25(18-26)11-9-20(10-12-25)28-13-15-29(16-14-28)24-27-22-7-2-3-8-23(22)31-24/h2-8,17,20H,9-16H2,1H3. The average molecular weight is 417 g/mol. The minimum atomic E-state index is -0.398. The van der Waals surface area contributed by atoms with Gasteiger partial charge in [0.25, 0.3) is 6.01 Å². The van der Waals surface area contributed by atoms with Crippen LogP contribution in [0.25, 0.3) is 11.1 Å². The summed E-state index contributed by atoms with van der Waals surface area (Å²) in [5.74, 6) is 0.824. The molecule has 0 N–H and O–H groups in total. The summed E-state index contributed by atoms with van der Waals surface area (Å²) in [6.07, 6.45) is 3.89. The molecule has 1 aromatic heterocycles. The number of rotatable bonds is 4. The Morgan fingerprint density at radius 1 is 1.06 bits per heavy atom. The number of hydrogen-bond acceptors (Lipinski definition) is 6. The Morgan fingerprint density at radius 3 is 2.55 bits per heavy atom. The van der Waals surface area contributed by atoms with Crippen LogP contribution in [0.1, 0.15) is 31.2 Å². The van der Waals surface area contributed by atoms with Gasteiger partial charge in [0, 0.05) is 32.2 Å². The van der Waals surface area contributed by atoms with Crippen LogP contribution < -0.4 is 9.64 Å². The Labute approximate surface area is 183 Å². The van der Waals surface area contributed by atoms with E-state index in [1.807, 2.05) is 42.5 Å². The zero-order valence-electron chi connectivity index (χ0n) is 18.0. The van der Waals surface area contributed by atoms with Crippen LogP contribution in [-0.2, 0) is 5.41 Å². The van der Waals surface area contributed by atoms with Crippen molar-refractivity contribution in [3.63, 3.8) is 0 Å². The summed E-state index contributed by atoms with van der Waals surface area (Å²) in [6, 6.07) is 19.9. The van der Waals surface area contributed by atoms with Crippen LogP contribution in [0.15, 0.2) is 52.9 Å². The van der Waals surface area contributed by atoms with E-state index in [2.05, 4.69) is 26.9 Å². The van der Waals surface area contributed by atoms with Gasteiger partial charge < -0.3 is 14.1 Å². The first-order valence-electron chi connectivity index (χ1n) is 11.1. The van der Waals surface area contributed by atoms with Crippen molar-refractivity contribution in [1.82, 2.24) is 9.88 Å². The van der Waals surface area contributed by atoms with E-state index in [-0.39, 0.29) is 0 Å². The van der Waals surface area contributed by atoms with E-state index in [9.17, 15) is 5.26 Å². The molecule has 2 fully saturated rings. The molecule has 0 radical (unpaired) electrons. The van der Waals surface area contributed by atoms with Gasteiger partial charge >= 0.3 is 0 Å². The van der Waals surface area contributed by atoms with Crippen molar-refractivity contribution in [2.24, 2.45) is 0 Å². The lowest BCUT2D eigenvalue weighted by atomic mass is 9.69. The van der Waals surface area contributed by atoms with Crippen LogP contribution in [-0.4, -0.2) is 49.2 Å². The third kappa shape index (κ3) is 3.75. The van der Waals surface area contributed by atoms with Crippen molar-refractivity contribution in [3.05, 3.63) is 54.1 Å². The van der Waals surface area contributed by atoms with E-state index >= 15 is 0 Å². The predicted octanol–water partition coefficient (Wildman–Crippen LogP) is 4.36. The lowest BCUT2D eigenvalue weighted by Gasteiger charge is -2.43. The summed E-state index contributed by atoms with van der Waals surface area (Å²) in [5, 5.41) is 10.0. The molecule has 5 rings (SSSR count). The van der Waals surface area contributed by atoms with Gasteiger partial charge in [-0.3, -0.25) is 4.90 Å². The van der Waals surface area contributed by atoms with E-state index in [0.717, 1.165) is 80.3 Å². The van der Waals surface area contributed by atoms with Gasteiger partial charge in [-0.05, 0) is 55.5 Å². The highest BCUT2D eigenvalue weighted by Crippen LogP contribution is 2.41. The average Bonchev–Trinajstić information content (AvgIpc) is 3.29. The summed E-state index contributed by atoms with van der Waals surface area (Å²) in [5.41, 5.74) is 2.45. The van der Waals surface area contributed by atoms with Crippen molar-refractivity contribution in [3.8, 4) is 11.8 Å². The summed E-state index contributed by atoms with van der Waals surface area (Å²) in [7, 11) is 1.68. The number of piperazine rings is 1. The number of aromatic nitrogens is 1. The first-order valence-corrected chi connectivity index (χ1v) is 11.1. The number of para-hydroxylation sites is 2. The largest absolute Gasteiger partial charge is 0.497 e. The second-order valence-corrected chi connectivity index (χ2v) is 8.64. The number of methoxy groups -OCH3 is 1. The van der Waals surface area contributed by atoms with Crippen molar-refractivity contribution < 1.29 is 9.15 Å². The molecule has 0 unspecified atom stereocenters. The number of anilines is 1. The van der Waals surface area contributed by atoms with E-state index < -0.39 is 5.41 Å². The highest BCUT2D eigenvalue weighted by atomic mass is 16.5. The normalized spacial score (nSPS) is 24.8. The second kappa shape index (κ2) is 8.24. The molecule has 0 bridgehead atoms. The molecule has 31 heavy (non-hydrogen) atoms. The maximum absolute atomic E-state index is 10.0. The molecule has 0 atom stereocenters. The zero-order chi connectivity index (χ0) is 21.3. The van der Waals surface area contributed by atoms with Crippen molar-refractivity contribution in [1.29, 1.82) is 5.26 Å². The van der Waals surface area contributed by atoms with Crippen molar-refractivity contribution in [2.45, 2.75) is 37.1 Å². The van der Waals surface area contributed by atoms with Gasteiger partial charge in [-0.15, -0.1) is 0 Å². The lowest BCUT2D eigenvalue weighted by molar-refractivity contribution is 0.128. The smallest absolute Gasteiger partial charge is 0.298 e. The van der Waals surface area contributed by atoms with Gasteiger partial charge in [0.2, 0.25) is 0 Å². The fourth-order valence-electron chi connectivity index (χ4n) is 5.12. The Kier molecular flexibility index (Phi) is 5.29. The molecule has 0 amide bonds. The maximum Gasteiger partial charge on any atom is 0.298 e. The summed E-state index contributed by atoms with van der Waals surface area (Å²) < 4.78 is 11.3. The van der Waals surface area contributed by atoms with Gasteiger partial charge in [0.1, 0.15) is 11.3 Å². The molecule has 2 heterocycles. The zero-order valence-corrected chi connectivity index (χ0v) is 18.0. The van der Waals surface area contributed by atoms with Gasteiger partial charge in [-0.1, -0.05) is 24.3 Å². The van der Waals surface area contributed by atoms with E-state index in [1.54, 1.807) is 7.11 Å². The second-order valence-electron chi connectivity index (χ2n) is 8.64. The minimum Gasteiger partial charge on any atom is -0.497 e. The molecule has 6 heteroatoms. The van der Waals surface area contributed by atoms with Gasteiger partial charge in [-0.25, -0.2) is 0 Å². The molecule has 1 saturated carbocycles. The van der Waals surface area contributed by atoms with Gasteiger partial charge in [-0.2, -0.15) is 10.2 Å². The lowest BCUT2D eigenvalue weighted by Crippen LogP contribution is -2.52. The molecule has 6 nitrogen and oxygen atoms in total. The van der Waals surface area contributed by atoms with E-state index in [0.29, 0.717) is 6.04 Å². The Hall–Kier alpha value is -3.04. The van der Waals surface area contributed by atoms with Gasteiger partial charge in [0.05, 0.1) is 18.6 Å². The molecule has 3 aromatic rings. The quantitative estimate of drug-likeness (QED) is 0.630. The number of oxazole rings is 1. The molecule has 160 valence electrons. The number of nitrogens with zero attached hydrogens (tertiary/aromatic N) is 4. The molecule has 2 aliphatic rings. The third-order valence-electron chi connectivity index (χ3n) is 7.03.